The Labute approximate surface area is 75.5 Å². The third-order valence-corrected chi connectivity index (χ3v) is 3.20. The van der Waals surface area contributed by atoms with Crippen LogP contribution in [0.15, 0.2) is 0 Å². The first-order valence-corrected chi connectivity index (χ1v) is 5.84. The highest BCUT2D eigenvalue weighted by Crippen LogP contribution is 2.23. The highest BCUT2D eigenvalue weighted by atomic mass is 28.4. The van der Waals surface area contributed by atoms with Gasteiger partial charge in [0.15, 0.2) is 0 Å². The summed E-state index contributed by atoms with van der Waals surface area (Å²) in [7, 11) is -2.51. The van der Waals surface area contributed by atoms with Crippen molar-refractivity contribution in [2.24, 2.45) is 0 Å². The molecule has 0 radical (unpaired) electrons. The minimum absolute atomic E-state index is 0.0837. The maximum absolute atomic E-state index is 11.6. The van der Waals surface area contributed by atoms with Crippen LogP contribution in [-0.2, 0) is 4.43 Å². The molecule has 0 aromatic heterocycles. The van der Waals surface area contributed by atoms with E-state index < -0.39 is 21.4 Å². The Hall–Kier alpha value is -0.113. The molecule has 0 spiro atoms. The van der Waals surface area contributed by atoms with Gasteiger partial charge in [0.25, 0.3) is 0 Å². The number of unbranched alkanes of at least 4 members (excludes halogenated alkanes) is 1. The fourth-order valence-electron chi connectivity index (χ4n) is 0.783. The van der Waals surface area contributed by atoms with Gasteiger partial charge in [-0.25, -0.2) is 0 Å². The third-order valence-electron chi connectivity index (χ3n) is 1.54. The molecule has 0 atom stereocenters. The van der Waals surface area contributed by atoms with Gasteiger partial charge in [-0.15, -0.1) is 0 Å². The molecule has 0 aromatic carbocycles. The van der Waals surface area contributed by atoms with E-state index in [-0.39, 0.29) is 18.9 Å². The first kappa shape index (κ1) is 12.9. The fourth-order valence-corrected chi connectivity index (χ4v) is 1.70. The lowest BCUT2D eigenvalue weighted by atomic mass is 10.2. The number of alkyl halides is 3. The number of rotatable bonds is 5. The van der Waals surface area contributed by atoms with Crippen LogP contribution in [-0.4, -0.2) is 31.7 Å². The van der Waals surface area contributed by atoms with Gasteiger partial charge in [-0.2, -0.15) is 13.2 Å². The summed E-state index contributed by atoms with van der Waals surface area (Å²) in [5, 5.41) is 0. The quantitative estimate of drug-likeness (QED) is 0.540. The van der Waals surface area contributed by atoms with E-state index in [0.717, 1.165) is 7.11 Å². The lowest BCUT2D eigenvalue weighted by molar-refractivity contribution is -0.135. The standard InChI is InChI=1S/C6H13F3O3Si/c1-12-13(10,11)5-3-2-4-6(7,8)9/h10-11H,2-5H2,1H3. The maximum atomic E-state index is 11.6. The molecule has 0 aliphatic carbocycles. The van der Waals surface area contributed by atoms with Crippen molar-refractivity contribution in [3.63, 3.8) is 0 Å². The van der Waals surface area contributed by atoms with Gasteiger partial charge in [-0.1, -0.05) is 0 Å². The van der Waals surface area contributed by atoms with Gasteiger partial charge in [0.2, 0.25) is 0 Å². The molecule has 0 aromatic rings. The van der Waals surface area contributed by atoms with Gasteiger partial charge in [0.1, 0.15) is 0 Å². The highest BCUT2D eigenvalue weighted by molar-refractivity contribution is 6.57. The molecule has 3 nitrogen and oxygen atoms in total. The topological polar surface area (TPSA) is 49.7 Å². The molecule has 2 N–H and O–H groups in total. The zero-order valence-electron chi connectivity index (χ0n) is 7.26. The predicted octanol–water partition coefficient (Wildman–Crippen LogP) is 1.29. The molecule has 0 aliphatic heterocycles. The first-order chi connectivity index (χ1) is 5.77. The van der Waals surface area contributed by atoms with Crippen molar-refractivity contribution in [1.82, 2.24) is 0 Å². The number of hydrogen-bond donors (Lipinski definition) is 2. The van der Waals surface area contributed by atoms with Crippen LogP contribution in [0.5, 0.6) is 0 Å². The van der Waals surface area contributed by atoms with Gasteiger partial charge in [0, 0.05) is 19.6 Å². The second-order valence-corrected chi connectivity index (χ2v) is 5.16. The highest BCUT2D eigenvalue weighted by Gasteiger charge is 2.31. The van der Waals surface area contributed by atoms with Gasteiger partial charge >= 0.3 is 15.0 Å². The molecule has 0 saturated carbocycles. The van der Waals surface area contributed by atoms with Crippen molar-refractivity contribution >= 4 is 8.80 Å². The van der Waals surface area contributed by atoms with E-state index >= 15 is 0 Å². The minimum atomic E-state index is -4.16. The van der Waals surface area contributed by atoms with Crippen LogP contribution in [0.2, 0.25) is 6.04 Å². The van der Waals surface area contributed by atoms with Crippen molar-refractivity contribution in [3.05, 3.63) is 0 Å². The zero-order valence-corrected chi connectivity index (χ0v) is 8.26. The molecule has 0 rings (SSSR count). The van der Waals surface area contributed by atoms with Crippen molar-refractivity contribution in [2.75, 3.05) is 7.11 Å². The molecular weight excluding hydrogens is 205 g/mol. The van der Waals surface area contributed by atoms with Crippen LogP contribution in [0, 0.1) is 0 Å². The lowest BCUT2D eigenvalue weighted by Crippen LogP contribution is -2.37. The molecular formula is C6H13F3O3Si. The Balaban J connectivity index is 3.47. The van der Waals surface area contributed by atoms with Crippen LogP contribution >= 0.6 is 0 Å². The summed E-state index contributed by atoms with van der Waals surface area (Å²) < 4.78 is 39.2. The second-order valence-electron chi connectivity index (χ2n) is 2.77. The average Bonchev–Trinajstić information content (AvgIpc) is 1.97. The SMILES string of the molecule is CO[Si](O)(O)CCCCC(F)(F)F. The Bertz CT molecular complexity index is 149. The molecule has 0 amide bonds. The van der Waals surface area contributed by atoms with Crippen molar-refractivity contribution in [3.8, 4) is 0 Å². The summed E-state index contributed by atoms with van der Waals surface area (Å²) in [4.78, 5) is 17.9. The van der Waals surface area contributed by atoms with Gasteiger partial charge < -0.3 is 14.0 Å². The van der Waals surface area contributed by atoms with E-state index in [4.69, 9.17) is 9.59 Å². The van der Waals surface area contributed by atoms with E-state index in [1.54, 1.807) is 0 Å². The van der Waals surface area contributed by atoms with Gasteiger partial charge in [0.05, 0.1) is 0 Å². The molecule has 0 fully saturated rings. The molecule has 0 bridgehead atoms. The van der Waals surface area contributed by atoms with Gasteiger partial charge in [-0.3, -0.25) is 0 Å². The molecule has 0 heterocycles. The molecule has 0 aliphatic rings. The van der Waals surface area contributed by atoms with Crippen LogP contribution in [0.25, 0.3) is 0 Å². The van der Waals surface area contributed by atoms with Crippen molar-refractivity contribution in [2.45, 2.75) is 31.5 Å². The fraction of sp³-hybridized carbons (Fsp3) is 1.00. The molecule has 0 saturated heterocycles. The molecule has 13 heavy (non-hydrogen) atoms. The summed E-state index contributed by atoms with van der Waals surface area (Å²) >= 11 is 0. The van der Waals surface area contributed by atoms with Crippen LogP contribution in [0.1, 0.15) is 19.3 Å². The summed E-state index contributed by atoms with van der Waals surface area (Å²) in [6.07, 6.45) is -5.03. The summed E-state index contributed by atoms with van der Waals surface area (Å²) in [6, 6.07) is -0.0837. The summed E-state index contributed by atoms with van der Waals surface area (Å²) in [5.74, 6) is 0. The Morgan fingerprint density at radius 1 is 1.23 bits per heavy atom. The smallest absolute Gasteiger partial charge is 0.390 e. The van der Waals surface area contributed by atoms with E-state index in [1.807, 2.05) is 0 Å². The maximum Gasteiger partial charge on any atom is 0.495 e. The van der Waals surface area contributed by atoms with E-state index in [1.165, 1.54) is 0 Å². The largest absolute Gasteiger partial charge is 0.495 e. The van der Waals surface area contributed by atoms with Crippen LogP contribution < -0.4 is 0 Å². The van der Waals surface area contributed by atoms with Gasteiger partial charge in [-0.05, 0) is 12.8 Å². The Morgan fingerprint density at radius 2 is 1.77 bits per heavy atom. The third kappa shape index (κ3) is 8.22. The van der Waals surface area contributed by atoms with Crippen molar-refractivity contribution < 1.29 is 27.2 Å². The Kier molecular flexibility index (Phi) is 4.90. The summed E-state index contributed by atoms with van der Waals surface area (Å²) in [6.45, 7) is 0. The number of halogens is 3. The van der Waals surface area contributed by atoms with E-state index in [9.17, 15) is 13.2 Å². The van der Waals surface area contributed by atoms with E-state index in [0.29, 0.717) is 0 Å². The first-order valence-electron chi connectivity index (χ1n) is 3.83. The number of hydrogen-bond acceptors (Lipinski definition) is 3. The van der Waals surface area contributed by atoms with Crippen molar-refractivity contribution in [1.29, 1.82) is 0 Å². The Morgan fingerprint density at radius 3 is 2.15 bits per heavy atom. The molecule has 0 unspecified atom stereocenters. The second kappa shape index (κ2) is 4.94. The minimum Gasteiger partial charge on any atom is -0.390 e. The average molecular weight is 218 g/mol. The molecule has 80 valence electrons. The summed E-state index contributed by atoms with van der Waals surface area (Å²) in [5.41, 5.74) is 0. The monoisotopic (exact) mass is 218 g/mol. The van der Waals surface area contributed by atoms with Crippen LogP contribution in [0.4, 0.5) is 13.2 Å². The molecule has 7 heteroatoms. The normalized spacial score (nSPS) is 13.4. The van der Waals surface area contributed by atoms with Crippen LogP contribution in [0.3, 0.4) is 0 Å². The van der Waals surface area contributed by atoms with E-state index in [2.05, 4.69) is 4.43 Å². The lowest BCUT2D eigenvalue weighted by Gasteiger charge is -2.14. The predicted molar refractivity (Wildman–Crippen MR) is 41.9 cm³/mol. The zero-order chi connectivity index (χ0) is 10.5.